The quantitative estimate of drug-likeness (QED) is 0.317. The minimum absolute atomic E-state index is 0.0791. The Morgan fingerprint density at radius 2 is 2.08 bits per heavy atom. The lowest BCUT2D eigenvalue weighted by Crippen LogP contribution is -2.43. The van der Waals surface area contributed by atoms with Crippen molar-refractivity contribution in [3.63, 3.8) is 0 Å². The molecule has 0 aromatic rings. The number of amidine groups is 1. The van der Waals surface area contributed by atoms with Gasteiger partial charge in [0.25, 0.3) is 5.17 Å². The Morgan fingerprint density at radius 1 is 1.62 bits per heavy atom. The van der Waals surface area contributed by atoms with Crippen LogP contribution in [0.25, 0.3) is 0 Å². The fourth-order valence-corrected chi connectivity index (χ4v) is 0.974. The maximum Gasteiger partial charge on any atom is 0.299 e. The summed E-state index contributed by atoms with van der Waals surface area (Å²) in [6.07, 6.45) is 0. The molecule has 0 rings (SSSR count). The van der Waals surface area contributed by atoms with Gasteiger partial charge in [0.15, 0.2) is 0 Å². The summed E-state index contributed by atoms with van der Waals surface area (Å²) >= 11 is 1.46. The Morgan fingerprint density at radius 3 is 2.08 bits per heavy atom. The molecule has 0 heterocycles. The molecule has 0 saturated heterocycles. The van der Waals surface area contributed by atoms with Crippen molar-refractivity contribution in [1.29, 1.82) is 0 Å². The van der Waals surface area contributed by atoms with Crippen LogP contribution in [0, 0.1) is 0 Å². The zero-order valence-corrected chi connectivity index (χ0v) is 9.27. The van der Waals surface area contributed by atoms with Gasteiger partial charge in [-0.2, -0.15) is 0 Å². The van der Waals surface area contributed by atoms with Gasteiger partial charge in [0.05, 0.1) is 7.82 Å². The Bertz CT molecular complexity index is 183. The zero-order chi connectivity index (χ0) is 10.9. The molecule has 80 valence electrons. The molecular weight excluding hydrogens is 215 g/mol. The summed E-state index contributed by atoms with van der Waals surface area (Å²) < 4.78 is 13.2. The van der Waals surface area contributed by atoms with E-state index in [2.05, 4.69) is 4.52 Å². The predicted octanol–water partition coefficient (Wildman–Crippen LogP) is -2.34. The Labute approximate surface area is 81.6 Å². The number of hydrogen-bond donors (Lipinski definition) is 2. The number of hydrogen-bond acceptors (Lipinski definition) is 5. The summed E-state index contributed by atoms with van der Waals surface area (Å²) in [6, 6.07) is 0. The largest absolute Gasteiger partial charge is 0.790 e. The Hall–Kier alpha value is -0.0700. The van der Waals surface area contributed by atoms with Crippen LogP contribution in [0.2, 0.25) is 0 Å². The van der Waals surface area contributed by atoms with Crippen LogP contribution in [-0.4, -0.2) is 17.5 Å². The number of phosphoric ester groups is 1. The highest BCUT2D eigenvalue weighted by Crippen LogP contribution is 2.23. The second kappa shape index (κ2) is 8.52. The lowest BCUT2D eigenvalue weighted by atomic mass is 10.9. The maximum absolute atomic E-state index is 9.48. The van der Waals surface area contributed by atoms with E-state index in [1.54, 1.807) is 0 Å². The van der Waals surface area contributed by atoms with Gasteiger partial charge in [0, 0.05) is 12.4 Å². The molecular formula is C5H14N2O4PS-. The molecule has 0 aromatic heterocycles. The summed E-state index contributed by atoms with van der Waals surface area (Å²) in [6.45, 7) is 3.36. The van der Waals surface area contributed by atoms with E-state index in [4.69, 9.17) is 11.1 Å². The molecule has 0 aliphatic rings. The van der Waals surface area contributed by atoms with Gasteiger partial charge in [-0.15, -0.1) is 0 Å². The number of rotatable bonds is 3. The van der Waals surface area contributed by atoms with Crippen LogP contribution < -0.4 is 20.9 Å². The predicted molar refractivity (Wildman–Crippen MR) is 48.5 cm³/mol. The average Bonchev–Trinajstić information content (AvgIpc) is 1.84. The molecule has 0 aliphatic carbocycles. The van der Waals surface area contributed by atoms with E-state index in [-0.39, 0.29) is 6.61 Å². The molecule has 0 bridgehead atoms. The fraction of sp³-hybridized carbons (Fsp3) is 0.800. The molecule has 0 aliphatic heterocycles. The van der Waals surface area contributed by atoms with Crippen LogP contribution in [0.4, 0.5) is 0 Å². The van der Waals surface area contributed by atoms with Gasteiger partial charge in [-0.1, -0.05) is 6.92 Å². The van der Waals surface area contributed by atoms with Crippen LogP contribution in [0.15, 0.2) is 0 Å². The molecule has 0 amide bonds. The van der Waals surface area contributed by atoms with Gasteiger partial charge in [-0.3, -0.25) is 11.1 Å². The van der Waals surface area contributed by atoms with Gasteiger partial charge in [-0.25, -0.2) is 0 Å². The van der Waals surface area contributed by atoms with E-state index in [9.17, 15) is 14.4 Å². The highest BCUT2D eigenvalue weighted by atomic mass is 32.2. The van der Waals surface area contributed by atoms with Gasteiger partial charge in [0.1, 0.15) is 0 Å². The van der Waals surface area contributed by atoms with Crippen LogP contribution in [0.1, 0.15) is 13.8 Å². The van der Waals surface area contributed by atoms with Crippen LogP contribution in [0.3, 0.4) is 0 Å². The highest BCUT2D eigenvalue weighted by Gasteiger charge is 1.87. The smallest absolute Gasteiger partial charge is 0.299 e. The third-order valence-corrected chi connectivity index (χ3v) is 1.79. The van der Waals surface area contributed by atoms with Crippen LogP contribution in [-0.2, 0) is 9.09 Å². The van der Waals surface area contributed by atoms with E-state index in [1.165, 1.54) is 18.7 Å². The van der Waals surface area contributed by atoms with Crippen molar-refractivity contribution >= 4 is 24.8 Å². The first kappa shape index (κ1) is 15.4. The molecule has 0 saturated carbocycles. The van der Waals surface area contributed by atoms with Crippen LogP contribution in [0.5, 0.6) is 0 Å². The normalized spacial score (nSPS) is 10.2. The first-order chi connectivity index (χ1) is 5.83. The van der Waals surface area contributed by atoms with Crippen molar-refractivity contribution in [3.05, 3.63) is 0 Å². The van der Waals surface area contributed by atoms with E-state index in [0.29, 0.717) is 5.17 Å². The summed E-state index contributed by atoms with van der Waals surface area (Å²) in [5, 5.41) is 5.52. The highest BCUT2D eigenvalue weighted by molar-refractivity contribution is 8.13. The minimum atomic E-state index is -4.67. The summed E-state index contributed by atoms with van der Waals surface area (Å²) in [7, 11) is -4.67. The molecule has 8 heteroatoms. The number of thioether (sulfide) groups is 1. The lowest BCUT2D eigenvalue weighted by molar-refractivity contribution is -0.341. The molecule has 6 nitrogen and oxygen atoms in total. The summed E-state index contributed by atoms with van der Waals surface area (Å²) in [4.78, 5) is 19.0. The third-order valence-electron chi connectivity index (χ3n) is 0.598. The van der Waals surface area contributed by atoms with Crippen LogP contribution >= 0.6 is 19.6 Å². The van der Waals surface area contributed by atoms with Gasteiger partial charge < -0.3 is 18.9 Å². The number of phosphoric acid groups is 1. The second-order valence-corrected chi connectivity index (χ2v) is 4.19. The van der Waals surface area contributed by atoms with Crippen molar-refractivity contribution in [2.45, 2.75) is 13.8 Å². The fourth-order valence-electron chi connectivity index (χ4n) is 0.325. The minimum Gasteiger partial charge on any atom is -0.790 e. The number of nitrogens with two attached hydrogens (primary N) is 2. The van der Waals surface area contributed by atoms with E-state index in [0.717, 1.165) is 5.75 Å². The molecule has 0 aromatic carbocycles. The monoisotopic (exact) mass is 229 g/mol. The van der Waals surface area contributed by atoms with E-state index < -0.39 is 7.82 Å². The molecule has 0 unspecified atom stereocenters. The molecule has 0 radical (unpaired) electrons. The SMILES string of the molecule is CCOP(=O)([O-])[O-].CCSC(N)=[NH2+]. The lowest BCUT2D eigenvalue weighted by Gasteiger charge is -2.27. The summed E-state index contributed by atoms with van der Waals surface area (Å²) in [5.41, 5.74) is 5.06. The maximum atomic E-state index is 9.48. The van der Waals surface area contributed by atoms with E-state index in [1.807, 2.05) is 6.92 Å². The summed E-state index contributed by atoms with van der Waals surface area (Å²) in [5.74, 6) is 0.961. The van der Waals surface area contributed by atoms with Gasteiger partial charge >= 0.3 is 0 Å². The van der Waals surface area contributed by atoms with Crippen molar-refractivity contribution < 1.29 is 24.3 Å². The van der Waals surface area contributed by atoms with Crippen molar-refractivity contribution in [1.82, 2.24) is 0 Å². The third kappa shape index (κ3) is 24.5. The average molecular weight is 229 g/mol. The first-order valence-electron chi connectivity index (χ1n) is 3.50. The molecule has 4 N–H and O–H groups in total. The van der Waals surface area contributed by atoms with Crippen molar-refractivity contribution in [2.75, 3.05) is 12.4 Å². The molecule has 0 spiro atoms. The molecule has 0 atom stereocenters. The van der Waals surface area contributed by atoms with Crippen molar-refractivity contribution in [2.24, 2.45) is 5.73 Å². The standard InChI is InChI=1S/C3H8N2S.C2H7O4P/c1-2-6-3(4)5;1-2-6-7(3,4)5/h2H2,1H3,(H3,4,5);2H2,1H3,(H2,3,4,5)/p-1. The van der Waals surface area contributed by atoms with Gasteiger partial charge in [-0.05, 0) is 18.7 Å². The van der Waals surface area contributed by atoms with Gasteiger partial charge in [0.2, 0.25) is 0 Å². The Balaban J connectivity index is 0. The Kier molecular flexibility index (Phi) is 10.1. The molecule has 0 fully saturated rings. The van der Waals surface area contributed by atoms with Crippen molar-refractivity contribution in [3.8, 4) is 0 Å². The topological polar surface area (TPSA) is 124 Å². The second-order valence-electron chi connectivity index (χ2n) is 1.70. The van der Waals surface area contributed by atoms with E-state index >= 15 is 0 Å². The first-order valence-corrected chi connectivity index (χ1v) is 5.95. The molecule has 13 heavy (non-hydrogen) atoms. The zero-order valence-electron chi connectivity index (χ0n) is 7.56.